The fourth-order valence-electron chi connectivity index (χ4n) is 5.61. The van der Waals surface area contributed by atoms with Crippen molar-refractivity contribution < 1.29 is 0 Å². The van der Waals surface area contributed by atoms with Gasteiger partial charge in [0.25, 0.3) is 0 Å². The van der Waals surface area contributed by atoms with Crippen molar-refractivity contribution in [2.75, 3.05) is 0 Å². The van der Waals surface area contributed by atoms with E-state index in [9.17, 15) is 0 Å². The summed E-state index contributed by atoms with van der Waals surface area (Å²) in [7, 11) is 0. The van der Waals surface area contributed by atoms with Gasteiger partial charge < -0.3 is 0 Å². The molecule has 0 amide bonds. The highest BCUT2D eigenvalue weighted by Gasteiger charge is 2.14. The fraction of sp³-hybridized carbons (Fsp3) is 0. The van der Waals surface area contributed by atoms with E-state index in [1.54, 1.807) is 11.3 Å². The number of rotatable bonds is 5. The molecule has 3 nitrogen and oxygen atoms in total. The molecule has 0 aliphatic heterocycles. The molecular weight excluding hydrogens is 543 g/mol. The summed E-state index contributed by atoms with van der Waals surface area (Å²) in [6.45, 7) is 0. The van der Waals surface area contributed by atoms with E-state index in [0.717, 1.165) is 49.7 Å². The Bertz CT molecular complexity index is 2170. The number of thiazole rings is 1. The van der Waals surface area contributed by atoms with Crippen LogP contribution in [0.25, 0.3) is 76.6 Å². The van der Waals surface area contributed by atoms with Gasteiger partial charge in [0.2, 0.25) is 0 Å². The molecule has 6 aromatic carbocycles. The van der Waals surface area contributed by atoms with Crippen LogP contribution in [0, 0.1) is 0 Å². The highest BCUT2D eigenvalue weighted by Crippen LogP contribution is 2.39. The smallest absolute Gasteiger partial charge is 0.160 e. The molecule has 4 heteroatoms. The van der Waals surface area contributed by atoms with Crippen LogP contribution in [0.15, 0.2) is 152 Å². The van der Waals surface area contributed by atoms with Crippen LogP contribution in [0.3, 0.4) is 0 Å². The highest BCUT2D eigenvalue weighted by molar-refractivity contribution is 7.22. The first-order chi connectivity index (χ1) is 21.3. The summed E-state index contributed by atoms with van der Waals surface area (Å²) in [4.78, 5) is 15.0. The lowest BCUT2D eigenvalue weighted by Gasteiger charge is -2.12. The molecule has 0 bridgehead atoms. The SMILES string of the molecule is c1ccc(-c2cc(-c3cccc(-c4cccc5c4ccc4nc(-c6ccccc6)sc45)c3)nc(-c3ccccc3)n2)cc1. The second kappa shape index (κ2) is 10.8. The zero-order valence-electron chi connectivity index (χ0n) is 23.2. The number of benzene rings is 6. The molecule has 0 N–H and O–H groups in total. The zero-order valence-corrected chi connectivity index (χ0v) is 24.0. The van der Waals surface area contributed by atoms with Gasteiger partial charge in [0.05, 0.1) is 21.6 Å². The van der Waals surface area contributed by atoms with Crippen molar-refractivity contribution in [2.45, 2.75) is 0 Å². The van der Waals surface area contributed by atoms with Gasteiger partial charge in [0.1, 0.15) is 5.01 Å². The summed E-state index contributed by atoms with van der Waals surface area (Å²) < 4.78 is 1.21. The third-order valence-corrected chi connectivity index (χ3v) is 8.88. The van der Waals surface area contributed by atoms with Gasteiger partial charge in [0.15, 0.2) is 5.82 Å². The van der Waals surface area contributed by atoms with Gasteiger partial charge >= 0.3 is 0 Å². The van der Waals surface area contributed by atoms with Crippen molar-refractivity contribution >= 4 is 32.3 Å². The van der Waals surface area contributed by atoms with Crippen molar-refractivity contribution in [1.82, 2.24) is 15.0 Å². The maximum absolute atomic E-state index is 5.05. The predicted octanol–water partition coefficient (Wildman–Crippen LogP) is 10.6. The number of fused-ring (bicyclic) bond motifs is 3. The Hall–Kier alpha value is -5.45. The van der Waals surface area contributed by atoms with Crippen LogP contribution in [0.2, 0.25) is 0 Å². The van der Waals surface area contributed by atoms with E-state index in [1.165, 1.54) is 21.0 Å². The van der Waals surface area contributed by atoms with Crippen molar-refractivity contribution in [2.24, 2.45) is 0 Å². The van der Waals surface area contributed by atoms with Gasteiger partial charge in [-0.3, -0.25) is 0 Å². The number of aromatic nitrogens is 3. The van der Waals surface area contributed by atoms with E-state index in [1.807, 2.05) is 42.5 Å². The standard InChI is InChI=1S/C39H25N3S/c1-4-12-26(13-5-1)35-25-36(41-38(40-35)27-14-6-2-7-15-27)30-19-10-18-29(24-30)31-20-11-21-33-32(31)22-23-34-37(33)43-39(42-34)28-16-8-3-9-17-28/h1-25H. The monoisotopic (exact) mass is 567 g/mol. The van der Waals surface area contributed by atoms with Gasteiger partial charge in [0, 0.05) is 27.6 Å². The topological polar surface area (TPSA) is 38.7 Å². The molecule has 0 fully saturated rings. The van der Waals surface area contributed by atoms with Crippen LogP contribution < -0.4 is 0 Å². The highest BCUT2D eigenvalue weighted by atomic mass is 32.1. The zero-order chi connectivity index (χ0) is 28.6. The van der Waals surface area contributed by atoms with Gasteiger partial charge in [-0.2, -0.15) is 0 Å². The van der Waals surface area contributed by atoms with E-state index < -0.39 is 0 Å². The van der Waals surface area contributed by atoms with Crippen LogP contribution in [-0.4, -0.2) is 15.0 Å². The second-order valence-corrected chi connectivity index (χ2v) is 11.5. The first-order valence-corrected chi connectivity index (χ1v) is 15.1. The van der Waals surface area contributed by atoms with Crippen LogP contribution >= 0.6 is 11.3 Å². The van der Waals surface area contributed by atoms with Gasteiger partial charge in [-0.1, -0.05) is 133 Å². The Morgan fingerprint density at radius 2 is 1.00 bits per heavy atom. The lowest BCUT2D eigenvalue weighted by Crippen LogP contribution is -1.96. The Kier molecular flexibility index (Phi) is 6.32. The molecule has 0 unspecified atom stereocenters. The number of hydrogen-bond donors (Lipinski definition) is 0. The van der Waals surface area contributed by atoms with Crippen LogP contribution in [-0.2, 0) is 0 Å². The molecule has 0 atom stereocenters. The molecule has 8 aromatic rings. The third-order valence-electron chi connectivity index (χ3n) is 7.73. The first-order valence-electron chi connectivity index (χ1n) is 14.3. The molecule has 0 saturated carbocycles. The van der Waals surface area contributed by atoms with E-state index in [4.69, 9.17) is 15.0 Å². The summed E-state index contributed by atoms with van der Waals surface area (Å²) in [5, 5.41) is 3.48. The molecular formula is C39H25N3S. The molecule has 43 heavy (non-hydrogen) atoms. The minimum absolute atomic E-state index is 0.717. The van der Waals surface area contributed by atoms with Gasteiger partial charge in [-0.25, -0.2) is 15.0 Å². The predicted molar refractivity (Wildman–Crippen MR) is 180 cm³/mol. The average molecular weight is 568 g/mol. The quantitative estimate of drug-likeness (QED) is 0.208. The van der Waals surface area contributed by atoms with Crippen LogP contribution in [0.5, 0.6) is 0 Å². The summed E-state index contributed by atoms with van der Waals surface area (Å²) in [6, 6.07) is 52.6. The molecule has 0 aliphatic carbocycles. The van der Waals surface area contributed by atoms with Crippen LogP contribution in [0.1, 0.15) is 0 Å². The summed E-state index contributed by atoms with van der Waals surface area (Å²) >= 11 is 1.75. The molecule has 0 radical (unpaired) electrons. The Morgan fingerprint density at radius 3 is 1.74 bits per heavy atom. The Morgan fingerprint density at radius 1 is 0.395 bits per heavy atom. The fourth-order valence-corrected chi connectivity index (χ4v) is 6.71. The van der Waals surface area contributed by atoms with E-state index in [-0.39, 0.29) is 0 Å². The molecule has 0 spiro atoms. The number of nitrogens with zero attached hydrogens (tertiary/aromatic N) is 3. The largest absolute Gasteiger partial charge is 0.236 e. The summed E-state index contributed by atoms with van der Waals surface area (Å²) in [6.07, 6.45) is 0. The van der Waals surface area contributed by atoms with Crippen molar-refractivity contribution in [1.29, 1.82) is 0 Å². The maximum Gasteiger partial charge on any atom is 0.160 e. The first kappa shape index (κ1) is 25.3. The normalized spacial score (nSPS) is 11.3. The average Bonchev–Trinajstić information content (AvgIpc) is 3.54. The minimum Gasteiger partial charge on any atom is -0.236 e. The van der Waals surface area contributed by atoms with Crippen molar-refractivity contribution in [3.63, 3.8) is 0 Å². The summed E-state index contributed by atoms with van der Waals surface area (Å²) in [5.74, 6) is 0.717. The van der Waals surface area contributed by atoms with Gasteiger partial charge in [-0.15, -0.1) is 11.3 Å². The third kappa shape index (κ3) is 4.78. The molecule has 2 heterocycles. The maximum atomic E-state index is 5.05. The summed E-state index contributed by atoms with van der Waals surface area (Å²) in [5.41, 5.74) is 9.44. The van der Waals surface area contributed by atoms with E-state index in [2.05, 4.69) is 109 Å². The van der Waals surface area contributed by atoms with Gasteiger partial charge in [-0.05, 0) is 34.7 Å². The molecule has 0 saturated heterocycles. The lowest BCUT2D eigenvalue weighted by atomic mass is 9.96. The Balaban J connectivity index is 1.26. The second-order valence-electron chi connectivity index (χ2n) is 10.5. The number of hydrogen-bond acceptors (Lipinski definition) is 4. The molecule has 202 valence electrons. The van der Waals surface area contributed by atoms with E-state index >= 15 is 0 Å². The van der Waals surface area contributed by atoms with E-state index in [0.29, 0.717) is 5.82 Å². The van der Waals surface area contributed by atoms with Crippen molar-refractivity contribution in [3.05, 3.63) is 152 Å². The van der Waals surface area contributed by atoms with Crippen LogP contribution in [0.4, 0.5) is 0 Å². The molecule has 2 aromatic heterocycles. The van der Waals surface area contributed by atoms with Crippen molar-refractivity contribution in [3.8, 4) is 55.6 Å². The Labute approximate surface area is 253 Å². The molecule has 0 aliphatic rings. The lowest BCUT2D eigenvalue weighted by molar-refractivity contribution is 1.18. The molecule has 8 rings (SSSR count). The minimum atomic E-state index is 0.717.